The SMILES string of the molecule is C/C(=C\[C@H](C(C)C)N(C)C(=O)[C@@H](NC(=O)[C@@H](N(C)C(=O)OC(C)(C)C)C(C)(C)c1cn(C)c2ccccc12)C(C)(C)C)C(=O)N[C@@H](CCC(=O)NCCN1C(=O)C=CC1=O)C(=O)OC(C)(C)C. The summed E-state index contributed by atoms with van der Waals surface area (Å²) in [6.45, 7) is 24.8. The number of carbonyl (C=O) groups excluding carboxylic acids is 8. The predicted octanol–water partition coefficient (Wildman–Crippen LogP) is 5.30. The zero-order valence-corrected chi connectivity index (χ0v) is 42.7. The van der Waals surface area contributed by atoms with Gasteiger partial charge in [0.15, 0.2) is 0 Å². The zero-order valence-electron chi connectivity index (χ0n) is 42.7. The second-order valence-electron chi connectivity index (χ2n) is 21.3. The van der Waals surface area contributed by atoms with E-state index in [1.165, 1.54) is 16.8 Å². The van der Waals surface area contributed by atoms with Crippen LogP contribution >= 0.6 is 0 Å². The number of para-hydroxylation sites is 1. The van der Waals surface area contributed by atoms with Gasteiger partial charge in [0.1, 0.15) is 29.3 Å². The largest absolute Gasteiger partial charge is 0.458 e. The number of nitrogens with one attached hydrogen (secondary N) is 3. The van der Waals surface area contributed by atoms with Crippen LogP contribution < -0.4 is 16.0 Å². The van der Waals surface area contributed by atoms with Crippen LogP contribution in [0.5, 0.6) is 0 Å². The van der Waals surface area contributed by atoms with Gasteiger partial charge < -0.3 is 34.9 Å². The number of imide groups is 1. The number of esters is 1. The smallest absolute Gasteiger partial charge is 0.410 e. The Morgan fingerprint density at radius 3 is 1.91 bits per heavy atom. The van der Waals surface area contributed by atoms with Crippen molar-refractivity contribution < 1.29 is 47.8 Å². The van der Waals surface area contributed by atoms with Crippen molar-refractivity contribution in [2.75, 3.05) is 27.2 Å². The molecule has 7 amide bonds. The first-order valence-corrected chi connectivity index (χ1v) is 22.8. The molecular weight excluding hydrogens is 859 g/mol. The fourth-order valence-corrected chi connectivity index (χ4v) is 7.95. The summed E-state index contributed by atoms with van der Waals surface area (Å²) in [6, 6.07) is 3.62. The van der Waals surface area contributed by atoms with Crippen molar-refractivity contribution in [1.82, 2.24) is 35.2 Å². The molecule has 0 unspecified atom stereocenters. The van der Waals surface area contributed by atoms with Crippen LogP contribution in [0.2, 0.25) is 0 Å². The van der Waals surface area contributed by atoms with Crippen molar-refractivity contribution in [1.29, 1.82) is 0 Å². The van der Waals surface area contributed by atoms with Crippen LogP contribution in [0.4, 0.5) is 4.79 Å². The van der Waals surface area contributed by atoms with Gasteiger partial charge in [-0.1, -0.05) is 72.7 Å². The number of ether oxygens (including phenoxy) is 2. The highest BCUT2D eigenvalue weighted by molar-refractivity contribution is 6.12. The van der Waals surface area contributed by atoms with Gasteiger partial charge in [-0.15, -0.1) is 0 Å². The van der Waals surface area contributed by atoms with E-state index < -0.39 is 93.7 Å². The van der Waals surface area contributed by atoms with Gasteiger partial charge in [0.2, 0.25) is 23.6 Å². The van der Waals surface area contributed by atoms with Gasteiger partial charge in [-0.2, -0.15) is 0 Å². The van der Waals surface area contributed by atoms with E-state index in [4.69, 9.17) is 9.47 Å². The van der Waals surface area contributed by atoms with E-state index in [0.717, 1.165) is 33.5 Å². The average molecular weight is 934 g/mol. The summed E-state index contributed by atoms with van der Waals surface area (Å²) in [5, 5.41) is 9.29. The lowest BCUT2D eigenvalue weighted by Crippen LogP contribution is -2.63. The van der Waals surface area contributed by atoms with Crippen molar-refractivity contribution in [3.63, 3.8) is 0 Å². The van der Waals surface area contributed by atoms with Crippen LogP contribution in [-0.2, 0) is 55.5 Å². The van der Waals surface area contributed by atoms with Gasteiger partial charge in [-0.25, -0.2) is 9.59 Å². The first kappa shape index (κ1) is 55.3. The average Bonchev–Trinajstić information content (AvgIpc) is 3.71. The summed E-state index contributed by atoms with van der Waals surface area (Å²) in [7, 11) is 5.03. The van der Waals surface area contributed by atoms with E-state index >= 15 is 0 Å². The highest BCUT2D eigenvalue weighted by atomic mass is 16.6. The molecule has 3 rings (SSSR count). The molecule has 17 nitrogen and oxygen atoms in total. The summed E-state index contributed by atoms with van der Waals surface area (Å²) >= 11 is 0. The number of hydrogen-bond acceptors (Lipinski definition) is 10. The second kappa shape index (κ2) is 21.7. The quantitative estimate of drug-likeness (QED) is 0.1000. The molecule has 2 heterocycles. The number of nitrogens with zero attached hydrogens (tertiary/aromatic N) is 4. The van der Waals surface area contributed by atoms with E-state index in [1.54, 1.807) is 61.6 Å². The number of carbonyl (C=O) groups is 8. The normalized spacial score (nSPS) is 15.5. The third kappa shape index (κ3) is 14.7. The molecule has 17 heteroatoms. The Balaban J connectivity index is 1.91. The van der Waals surface area contributed by atoms with E-state index in [-0.39, 0.29) is 37.4 Å². The van der Waals surface area contributed by atoms with Crippen molar-refractivity contribution in [2.45, 2.75) is 151 Å². The number of rotatable bonds is 18. The third-order valence-electron chi connectivity index (χ3n) is 11.5. The minimum atomic E-state index is -1.23. The van der Waals surface area contributed by atoms with E-state index in [9.17, 15) is 38.4 Å². The molecule has 1 aliphatic rings. The maximum absolute atomic E-state index is 14.9. The lowest BCUT2D eigenvalue weighted by Gasteiger charge is -2.42. The lowest BCUT2D eigenvalue weighted by molar-refractivity contribution is -0.158. The van der Waals surface area contributed by atoms with Crippen LogP contribution in [0.15, 0.2) is 54.3 Å². The molecule has 1 aromatic heterocycles. The van der Waals surface area contributed by atoms with Crippen molar-refractivity contribution in [3.05, 3.63) is 59.8 Å². The first-order chi connectivity index (χ1) is 30.7. The Morgan fingerprint density at radius 2 is 1.37 bits per heavy atom. The summed E-state index contributed by atoms with van der Waals surface area (Å²) in [5.41, 5.74) is -1.69. The minimum Gasteiger partial charge on any atom is -0.458 e. The highest BCUT2D eigenvalue weighted by Gasteiger charge is 2.47. The number of hydrogen-bond donors (Lipinski definition) is 3. The molecule has 0 radical (unpaired) electrons. The van der Waals surface area contributed by atoms with Gasteiger partial charge in [0.05, 0.1) is 6.04 Å². The minimum absolute atomic E-state index is 0.00130. The lowest BCUT2D eigenvalue weighted by atomic mass is 9.76. The molecule has 0 spiro atoms. The Morgan fingerprint density at radius 1 is 0.806 bits per heavy atom. The predicted molar refractivity (Wildman–Crippen MR) is 256 cm³/mol. The topological polar surface area (TPSA) is 206 Å². The molecule has 2 aromatic rings. The Labute approximate surface area is 396 Å². The summed E-state index contributed by atoms with van der Waals surface area (Å²) in [4.78, 5) is 111. The van der Waals surface area contributed by atoms with Crippen molar-refractivity contribution in [3.8, 4) is 0 Å². The third-order valence-corrected chi connectivity index (χ3v) is 11.5. The van der Waals surface area contributed by atoms with Crippen molar-refractivity contribution >= 4 is 58.4 Å². The molecule has 1 aromatic carbocycles. The van der Waals surface area contributed by atoms with Gasteiger partial charge in [0, 0.05) is 80.9 Å². The molecule has 0 saturated carbocycles. The Hall–Kier alpha value is -6.00. The molecule has 0 fully saturated rings. The second-order valence-corrected chi connectivity index (χ2v) is 21.3. The first-order valence-electron chi connectivity index (χ1n) is 22.8. The van der Waals surface area contributed by atoms with E-state index in [1.807, 2.05) is 90.5 Å². The molecule has 0 bridgehead atoms. The van der Waals surface area contributed by atoms with Crippen LogP contribution in [0.1, 0.15) is 115 Å². The number of aryl methyl sites for hydroxylation is 1. The van der Waals surface area contributed by atoms with Gasteiger partial charge >= 0.3 is 12.1 Å². The Bertz CT molecular complexity index is 2230. The molecule has 4 atom stereocenters. The summed E-state index contributed by atoms with van der Waals surface area (Å²) in [5.74, 6) is -4.06. The molecule has 370 valence electrons. The van der Waals surface area contributed by atoms with Crippen molar-refractivity contribution in [2.24, 2.45) is 18.4 Å². The van der Waals surface area contributed by atoms with Gasteiger partial charge in [-0.05, 0) is 77.8 Å². The number of aromatic nitrogens is 1. The standard InChI is InChI=1S/C50H75N7O10/c1-30(2)36(28-31(3)42(61)52-34(45(64)66-48(7,8)9)22-23-37(58)51-26-27-57-38(59)24-25-39(57)60)55(16)44(63)40(47(4,5)6)53-43(62)41(56(17)46(65)67-49(10,11)12)50(13,14)33-29-54(15)35-21-19-18-20-32(33)35/h18-21,24-25,28-30,34,36,40-41H,22-23,26-27H2,1-17H3,(H,51,58)(H,52,61)(H,53,62)/b31-28+/t34-,36+,40+,41+/m0/s1. The Kier molecular flexibility index (Phi) is 18.0. The van der Waals surface area contributed by atoms with Crippen LogP contribution in [0, 0.1) is 11.3 Å². The van der Waals surface area contributed by atoms with E-state index in [2.05, 4.69) is 16.0 Å². The number of benzene rings is 1. The highest BCUT2D eigenvalue weighted by Crippen LogP contribution is 2.37. The fourth-order valence-electron chi connectivity index (χ4n) is 7.95. The fraction of sp³-hybridized carbons (Fsp3) is 0.600. The molecular formula is C50H75N7O10. The van der Waals surface area contributed by atoms with Gasteiger partial charge in [0.25, 0.3) is 11.8 Å². The molecule has 0 aliphatic carbocycles. The number of amides is 7. The number of likely N-dealkylation sites (N-methyl/N-ethyl adjacent to an activating group) is 2. The monoisotopic (exact) mass is 934 g/mol. The zero-order chi connectivity index (χ0) is 51.1. The molecule has 3 N–H and O–H groups in total. The molecule has 0 saturated heterocycles. The van der Waals surface area contributed by atoms with Gasteiger partial charge in [-0.3, -0.25) is 38.6 Å². The molecule has 67 heavy (non-hydrogen) atoms. The van der Waals surface area contributed by atoms with Crippen LogP contribution in [-0.4, -0.2) is 129 Å². The molecule has 1 aliphatic heterocycles. The summed E-state index contributed by atoms with van der Waals surface area (Å²) in [6.07, 6.45) is 4.85. The maximum Gasteiger partial charge on any atom is 0.410 e. The van der Waals surface area contributed by atoms with Crippen LogP contribution in [0.3, 0.4) is 0 Å². The number of fused-ring (bicyclic) bond motifs is 1. The van der Waals surface area contributed by atoms with E-state index in [0.29, 0.717) is 0 Å². The summed E-state index contributed by atoms with van der Waals surface area (Å²) < 4.78 is 13.3. The maximum atomic E-state index is 14.9. The van der Waals surface area contributed by atoms with Crippen LogP contribution in [0.25, 0.3) is 10.9 Å².